The maximum absolute atomic E-state index is 11.1. The molecule has 0 fully saturated rings. The van der Waals surface area contributed by atoms with Crippen LogP contribution in [0.3, 0.4) is 0 Å². The van der Waals surface area contributed by atoms with Crippen LogP contribution in [0.2, 0.25) is 0 Å². The maximum atomic E-state index is 11.1. The minimum absolute atomic E-state index is 0.256. The molecule has 0 saturated heterocycles. The Hall–Kier alpha value is -2.12. The van der Waals surface area contributed by atoms with Crippen molar-refractivity contribution in [1.82, 2.24) is 9.97 Å². The molecule has 2 aromatic heterocycles. The lowest BCUT2D eigenvalue weighted by Gasteiger charge is -2.11. The SMILES string of the molecule is NC(=O)CSc1ccccc1Nc1ncnc2sc3c(c12)CCC3. The number of aryl methyl sites for hydroxylation is 2. The van der Waals surface area contributed by atoms with Gasteiger partial charge in [-0.3, -0.25) is 4.79 Å². The number of para-hydroxylation sites is 1. The third-order valence-corrected chi connectivity index (χ3v) is 6.31. The molecule has 0 saturated carbocycles. The number of primary amides is 1. The van der Waals surface area contributed by atoms with Crippen molar-refractivity contribution in [3.8, 4) is 0 Å². The van der Waals surface area contributed by atoms with E-state index in [1.165, 1.54) is 28.6 Å². The summed E-state index contributed by atoms with van der Waals surface area (Å²) in [6.07, 6.45) is 5.04. The van der Waals surface area contributed by atoms with E-state index >= 15 is 0 Å². The summed E-state index contributed by atoms with van der Waals surface area (Å²) in [6, 6.07) is 7.88. The summed E-state index contributed by atoms with van der Waals surface area (Å²) < 4.78 is 0. The van der Waals surface area contributed by atoms with Gasteiger partial charge in [0.25, 0.3) is 0 Å². The average Bonchev–Trinajstić information content (AvgIpc) is 3.15. The smallest absolute Gasteiger partial charge is 0.227 e. The first-order chi connectivity index (χ1) is 11.7. The second-order valence-corrected chi connectivity index (χ2v) is 7.74. The van der Waals surface area contributed by atoms with Gasteiger partial charge in [0.05, 0.1) is 16.8 Å². The molecule has 1 aromatic carbocycles. The van der Waals surface area contributed by atoms with Crippen LogP contribution in [0.5, 0.6) is 0 Å². The van der Waals surface area contributed by atoms with Gasteiger partial charge in [0.15, 0.2) is 0 Å². The van der Waals surface area contributed by atoms with E-state index in [1.807, 2.05) is 24.3 Å². The van der Waals surface area contributed by atoms with Gasteiger partial charge in [-0.1, -0.05) is 12.1 Å². The van der Waals surface area contributed by atoms with Crippen molar-refractivity contribution in [3.63, 3.8) is 0 Å². The first kappa shape index (κ1) is 15.4. The molecule has 24 heavy (non-hydrogen) atoms. The lowest BCUT2D eigenvalue weighted by molar-refractivity contribution is -0.115. The number of nitrogens with zero attached hydrogens (tertiary/aromatic N) is 2. The van der Waals surface area contributed by atoms with Gasteiger partial charge in [-0.2, -0.15) is 0 Å². The van der Waals surface area contributed by atoms with E-state index in [0.717, 1.165) is 39.5 Å². The molecular weight excluding hydrogens is 340 g/mol. The fourth-order valence-corrected chi connectivity index (χ4v) is 4.97. The van der Waals surface area contributed by atoms with Crippen molar-refractivity contribution in [1.29, 1.82) is 0 Å². The summed E-state index contributed by atoms with van der Waals surface area (Å²) in [7, 11) is 0. The van der Waals surface area contributed by atoms with Crippen molar-refractivity contribution in [2.75, 3.05) is 11.1 Å². The highest BCUT2D eigenvalue weighted by atomic mass is 32.2. The Morgan fingerprint density at radius 3 is 3.04 bits per heavy atom. The van der Waals surface area contributed by atoms with Gasteiger partial charge in [0.2, 0.25) is 5.91 Å². The van der Waals surface area contributed by atoms with Crippen molar-refractivity contribution in [2.24, 2.45) is 5.73 Å². The van der Waals surface area contributed by atoms with Crippen LogP contribution in [-0.2, 0) is 17.6 Å². The Bertz CT molecular complexity index is 922. The summed E-state index contributed by atoms with van der Waals surface area (Å²) in [5.41, 5.74) is 7.59. The van der Waals surface area contributed by atoms with E-state index in [9.17, 15) is 4.79 Å². The van der Waals surface area contributed by atoms with E-state index in [2.05, 4.69) is 15.3 Å². The predicted octanol–water partition coefficient (Wildman–Crippen LogP) is 3.50. The Morgan fingerprint density at radius 1 is 1.29 bits per heavy atom. The number of amides is 1. The maximum Gasteiger partial charge on any atom is 0.227 e. The highest BCUT2D eigenvalue weighted by Crippen LogP contribution is 2.40. The minimum atomic E-state index is -0.324. The molecule has 122 valence electrons. The molecule has 1 amide bonds. The lowest BCUT2D eigenvalue weighted by atomic mass is 10.2. The second kappa shape index (κ2) is 6.41. The Morgan fingerprint density at radius 2 is 2.17 bits per heavy atom. The Labute approximate surface area is 147 Å². The van der Waals surface area contributed by atoms with Crippen molar-refractivity contribution in [2.45, 2.75) is 24.2 Å². The molecule has 2 heterocycles. The van der Waals surface area contributed by atoms with Crippen molar-refractivity contribution < 1.29 is 4.79 Å². The molecule has 0 aliphatic heterocycles. The van der Waals surface area contributed by atoms with Gasteiger partial charge >= 0.3 is 0 Å². The van der Waals surface area contributed by atoms with Gasteiger partial charge < -0.3 is 11.1 Å². The molecule has 5 nitrogen and oxygen atoms in total. The van der Waals surface area contributed by atoms with E-state index in [0.29, 0.717) is 0 Å². The number of nitrogens with one attached hydrogen (secondary N) is 1. The fourth-order valence-electron chi connectivity index (χ4n) is 3.00. The number of thioether (sulfide) groups is 1. The zero-order valence-electron chi connectivity index (χ0n) is 12.9. The second-order valence-electron chi connectivity index (χ2n) is 5.64. The summed E-state index contributed by atoms with van der Waals surface area (Å²) in [6.45, 7) is 0. The minimum Gasteiger partial charge on any atom is -0.369 e. The van der Waals surface area contributed by atoms with Crippen LogP contribution in [0, 0.1) is 0 Å². The molecule has 3 N–H and O–H groups in total. The number of aromatic nitrogens is 2. The highest BCUT2D eigenvalue weighted by molar-refractivity contribution is 8.00. The summed E-state index contributed by atoms with van der Waals surface area (Å²) >= 11 is 3.20. The van der Waals surface area contributed by atoms with Crippen LogP contribution in [-0.4, -0.2) is 21.6 Å². The molecule has 0 unspecified atom stereocenters. The number of thiophene rings is 1. The molecule has 0 bridgehead atoms. The summed E-state index contributed by atoms with van der Waals surface area (Å²) in [5, 5.41) is 4.58. The van der Waals surface area contributed by atoms with E-state index in [4.69, 9.17) is 5.73 Å². The molecule has 4 rings (SSSR count). The van der Waals surface area contributed by atoms with Crippen LogP contribution < -0.4 is 11.1 Å². The molecule has 7 heteroatoms. The molecule has 3 aromatic rings. The monoisotopic (exact) mass is 356 g/mol. The number of rotatable bonds is 5. The van der Waals surface area contributed by atoms with Gasteiger partial charge in [-0.25, -0.2) is 9.97 Å². The summed E-state index contributed by atoms with van der Waals surface area (Å²) in [5.74, 6) is 0.771. The Kier molecular flexibility index (Phi) is 4.12. The molecule has 1 aliphatic rings. The van der Waals surface area contributed by atoms with Gasteiger partial charge in [-0.05, 0) is 37.0 Å². The normalized spacial score (nSPS) is 13.2. The van der Waals surface area contributed by atoms with Gasteiger partial charge in [0.1, 0.15) is 17.0 Å². The Balaban J connectivity index is 1.71. The van der Waals surface area contributed by atoms with Crippen LogP contribution >= 0.6 is 23.1 Å². The standard InChI is InChI=1S/C17H16N4OS2/c18-14(22)8-23-13-6-2-1-5-11(13)21-16-15-10-4-3-7-12(10)24-17(15)20-9-19-16/h1-2,5-6,9H,3-4,7-8H2,(H2,18,22)(H,19,20,21). The third-order valence-electron chi connectivity index (χ3n) is 4.01. The van der Waals surface area contributed by atoms with E-state index in [1.54, 1.807) is 17.7 Å². The molecule has 0 radical (unpaired) electrons. The van der Waals surface area contributed by atoms with Gasteiger partial charge in [0, 0.05) is 9.77 Å². The fraction of sp³-hybridized carbons (Fsp3) is 0.235. The first-order valence-corrected chi connectivity index (χ1v) is 9.55. The largest absolute Gasteiger partial charge is 0.369 e. The molecule has 0 atom stereocenters. The van der Waals surface area contributed by atoms with Crippen molar-refractivity contribution in [3.05, 3.63) is 41.0 Å². The third kappa shape index (κ3) is 2.85. The number of hydrogen-bond donors (Lipinski definition) is 2. The number of benzene rings is 1. The number of anilines is 2. The van der Waals surface area contributed by atoms with E-state index < -0.39 is 0 Å². The quantitative estimate of drug-likeness (QED) is 0.684. The zero-order valence-corrected chi connectivity index (χ0v) is 14.5. The number of nitrogens with two attached hydrogens (primary N) is 1. The number of hydrogen-bond acceptors (Lipinski definition) is 6. The average molecular weight is 356 g/mol. The molecule has 0 spiro atoms. The summed E-state index contributed by atoms with van der Waals surface area (Å²) in [4.78, 5) is 23.4. The van der Waals surface area contributed by atoms with E-state index in [-0.39, 0.29) is 11.7 Å². The zero-order chi connectivity index (χ0) is 16.5. The first-order valence-electron chi connectivity index (χ1n) is 7.75. The molecule has 1 aliphatic carbocycles. The lowest BCUT2D eigenvalue weighted by Crippen LogP contribution is -2.13. The topological polar surface area (TPSA) is 80.9 Å². The van der Waals surface area contributed by atoms with Crippen LogP contribution in [0.4, 0.5) is 11.5 Å². The van der Waals surface area contributed by atoms with Gasteiger partial charge in [-0.15, -0.1) is 23.1 Å². The highest BCUT2D eigenvalue weighted by Gasteiger charge is 2.21. The van der Waals surface area contributed by atoms with Crippen LogP contribution in [0.25, 0.3) is 10.2 Å². The van der Waals surface area contributed by atoms with Crippen LogP contribution in [0.15, 0.2) is 35.5 Å². The number of fused-ring (bicyclic) bond motifs is 3. The number of carbonyl (C=O) groups excluding carboxylic acids is 1. The molecular formula is C17H16N4OS2. The van der Waals surface area contributed by atoms with Crippen LogP contribution in [0.1, 0.15) is 16.9 Å². The predicted molar refractivity (Wildman–Crippen MR) is 99.1 cm³/mol. The van der Waals surface area contributed by atoms with Crippen molar-refractivity contribution >= 4 is 50.7 Å². The number of carbonyl (C=O) groups is 1.